The summed E-state index contributed by atoms with van der Waals surface area (Å²) >= 11 is 5.14. The van der Waals surface area contributed by atoms with Crippen molar-refractivity contribution in [2.45, 2.75) is 6.92 Å². The van der Waals surface area contributed by atoms with E-state index in [4.69, 9.17) is 0 Å². The van der Waals surface area contributed by atoms with Crippen molar-refractivity contribution in [3.05, 3.63) is 44.8 Å². The zero-order chi connectivity index (χ0) is 10.1. The predicted molar refractivity (Wildman–Crippen MR) is 62.2 cm³/mol. The summed E-state index contributed by atoms with van der Waals surface area (Å²) in [5, 5.41) is 0. The zero-order valence-corrected chi connectivity index (χ0v) is 9.95. The Bertz CT molecular complexity index is 462. The maximum atomic E-state index is 13.0. The zero-order valence-electron chi connectivity index (χ0n) is 7.55. The van der Waals surface area contributed by atoms with Crippen molar-refractivity contribution in [1.29, 1.82) is 0 Å². The Balaban J connectivity index is 2.54. The number of halogens is 2. The van der Waals surface area contributed by atoms with Crippen LogP contribution in [-0.4, -0.2) is 0 Å². The van der Waals surface area contributed by atoms with Gasteiger partial charge in [-0.25, -0.2) is 4.39 Å². The molecular weight excluding hydrogens is 263 g/mol. The quantitative estimate of drug-likeness (QED) is 0.709. The third-order valence-corrected chi connectivity index (χ3v) is 3.70. The van der Waals surface area contributed by atoms with Crippen molar-refractivity contribution in [2.75, 3.05) is 0 Å². The molecular formula is C11H8BrFS. The molecule has 14 heavy (non-hydrogen) atoms. The van der Waals surface area contributed by atoms with E-state index in [1.165, 1.54) is 10.9 Å². The molecule has 3 heteroatoms. The second-order valence-corrected chi connectivity index (χ2v) is 5.63. The fraction of sp³-hybridized carbons (Fsp3) is 0.0909. The van der Waals surface area contributed by atoms with Crippen molar-refractivity contribution >= 4 is 27.3 Å². The van der Waals surface area contributed by atoms with E-state index < -0.39 is 0 Å². The van der Waals surface area contributed by atoms with Crippen LogP contribution < -0.4 is 0 Å². The maximum Gasteiger partial charge on any atom is 0.123 e. The van der Waals surface area contributed by atoms with Crippen molar-refractivity contribution in [1.82, 2.24) is 0 Å². The third-order valence-electron chi connectivity index (χ3n) is 1.95. The van der Waals surface area contributed by atoms with Crippen molar-refractivity contribution in [3.8, 4) is 11.1 Å². The van der Waals surface area contributed by atoms with Gasteiger partial charge in [0.05, 0.1) is 3.79 Å². The summed E-state index contributed by atoms with van der Waals surface area (Å²) in [6.07, 6.45) is 0. The molecule has 1 aromatic carbocycles. The van der Waals surface area contributed by atoms with Crippen LogP contribution >= 0.6 is 27.3 Å². The standard InChI is InChI=1S/C11H8BrFS/c1-7-5-10(11(12)14-7)8-3-2-4-9(13)6-8/h2-6H,1H3. The van der Waals surface area contributed by atoms with Crippen molar-refractivity contribution in [3.63, 3.8) is 0 Å². The number of hydrogen-bond donors (Lipinski definition) is 0. The molecule has 0 radical (unpaired) electrons. The molecule has 0 saturated carbocycles. The first kappa shape index (κ1) is 9.87. The molecule has 0 spiro atoms. The number of rotatable bonds is 1. The lowest BCUT2D eigenvalue weighted by Gasteiger charge is -1.98. The molecule has 0 fully saturated rings. The van der Waals surface area contributed by atoms with E-state index in [0.29, 0.717) is 0 Å². The molecule has 0 aliphatic heterocycles. The third kappa shape index (κ3) is 1.88. The van der Waals surface area contributed by atoms with Gasteiger partial charge in [0.25, 0.3) is 0 Å². The van der Waals surface area contributed by atoms with Gasteiger partial charge in [-0.1, -0.05) is 12.1 Å². The van der Waals surface area contributed by atoms with E-state index in [2.05, 4.69) is 22.0 Å². The van der Waals surface area contributed by atoms with Gasteiger partial charge in [-0.3, -0.25) is 0 Å². The second kappa shape index (κ2) is 3.83. The van der Waals surface area contributed by atoms with E-state index >= 15 is 0 Å². The minimum atomic E-state index is -0.196. The van der Waals surface area contributed by atoms with Crippen LogP contribution in [0.2, 0.25) is 0 Å². The molecule has 0 nitrogen and oxygen atoms in total. The summed E-state index contributed by atoms with van der Waals surface area (Å²) < 4.78 is 14.0. The Morgan fingerprint density at radius 2 is 2.07 bits per heavy atom. The largest absolute Gasteiger partial charge is 0.207 e. The minimum Gasteiger partial charge on any atom is -0.207 e. The lowest BCUT2D eigenvalue weighted by atomic mass is 10.1. The summed E-state index contributed by atoms with van der Waals surface area (Å²) in [5.41, 5.74) is 1.98. The predicted octanol–water partition coefficient (Wildman–Crippen LogP) is 4.63. The van der Waals surface area contributed by atoms with E-state index in [0.717, 1.165) is 14.9 Å². The molecule has 0 N–H and O–H groups in total. The van der Waals surface area contributed by atoms with Crippen LogP contribution in [0.4, 0.5) is 4.39 Å². The molecule has 72 valence electrons. The van der Waals surface area contributed by atoms with Crippen LogP contribution in [0.3, 0.4) is 0 Å². The Kier molecular flexibility index (Phi) is 2.70. The van der Waals surface area contributed by atoms with Gasteiger partial charge in [0.15, 0.2) is 0 Å². The Morgan fingerprint density at radius 1 is 1.29 bits per heavy atom. The minimum absolute atomic E-state index is 0.196. The maximum absolute atomic E-state index is 13.0. The summed E-state index contributed by atoms with van der Waals surface area (Å²) in [4.78, 5) is 1.22. The average molecular weight is 271 g/mol. The first-order valence-corrected chi connectivity index (χ1v) is 5.79. The molecule has 0 bridgehead atoms. The summed E-state index contributed by atoms with van der Waals surface area (Å²) in [7, 11) is 0. The highest BCUT2D eigenvalue weighted by atomic mass is 79.9. The summed E-state index contributed by atoms with van der Waals surface area (Å²) in [5.74, 6) is -0.196. The van der Waals surface area contributed by atoms with Gasteiger partial charge in [-0.15, -0.1) is 11.3 Å². The lowest BCUT2D eigenvalue weighted by molar-refractivity contribution is 0.628. The number of aryl methyl sites for hydroxylation is 1. The smallest absolute Gasteiger partial charge is 0.123 e. The van der Waals surface area contributed by atoms with Gasteiger partial charge < -0.3 is 0 Å². The molecule has 0 unspecified atom stereocenters. The average Bonchev–Trinajstić information content (AvgIpc) is 2.45. The van der Waals surface area contributed by atoms with Crippen LogP contribution in [0, 0.1) is 12.7 Å². The molecule has 0 amide bonds. The first-order chi connectivity index (χ1) is 6.66. The fourth-order valence-corrected chi connectivity index (χ4v) is 3.19. The van der Waals surface area contributed by atoms with Crippen LogP contribution in [0.25, 0.3) is 11.1 Å². The molecule has 1 heterocycles. The van der Waals surface area contributed by atoms with Gasteiger partial charge >= 0.3 is 0 Å². The van der Waals surface area contributed by atoms with Gasteiger partial charge in [0.2, 0.25) is 0 Å². The van der Waals surface area contributed by atoms with Gasteiger partial charge in [-0.05, 0) is 46.6 Å². The van der Waals surface area contributed by atoms with Crippen LogP contribution in [0.15, 0.2) is 34.1 Å². The number of thiophene rings is 1. The number of benzene rings is 1. The monoisotopic (exact) mass is 270 g/mol. The van der Waals surface area contributed by atoms with E-state index in [1.807, 2.05) is 13.0 Å². The molecule has 1 aromatic heterocycles. The van der Waals surface area contributed by atoms with Crippen molar-refractivity contribution in [2.24, 2.45) is 0 Å². The van der Waals surface area contributed by atoms with Gasteiger partial charge in [0, 0.05) is 10.4 Å². The van der Waals surface area contributed by atoms with Gasteiger partial charge in [-0.2, -0.15) is 0 Å². The van der Waals surface area contributed by atoms with Gasteiger partial charge in [0.1, 0.15) is 5.82 Å². The first-order valence-electron chi connectivity index (χ1n) is 4.18. The Labute approximate surface area is 94.5 Å². The van der Waals surface area contributed by atoms with Crippen LogP contribution in [0.1, 0.15) is 4.88 Å². The molecule has 0 aliphatic rings. The lowest BCUT2D eigenvalue weighted by Crippen LogP contribution is -1.77. The molecule has 2 rings (SSSR count). The van der Waals surface area contributed by atoms with E-state index in [-0.39, 0.29) is 5.82 Å². The Morgan fingerprint density at radius 3 is 2.64 bits per heavy atom. The Hall–Kier alpha value is -0.670. The summed E-state index contributed by atoms with van der Waals surface area (Å²) in [6, 6.07) is 8.70. The second-order valence-electron chi connectivity index (χ2n) is 3.05. The molecule has 0 saturated heterocycles. The van der Waals surface area contributed by atoms with Crippen molar-refractivity contribution < 1.29 is 4.39 Å². The molecule has 0 atom stereocenters. The molecule has 2 aromatic rings. The van der Waals surface area contributed by atoms with Crippen LogP contribution in [-0.2, 0) is 0 Å². The topological polar surface area (TPSA) is 0 Å². The fourth-order valence-electron chi connectivity index (χ4n) is 1.34. The SMILES string of the molecule is Cc1cc(-c2cccc(F)c2)c(Br)s1. The number of hydrogen-bond acceptors (Lipinski definition) is 1. The molecule has 0 aliphatic carbocycles. The normalized spacial score (nSPS) is 10.5. The van der Waals surface area contributed by atoms with Crippen LogP contribution in [0.5, 0.6) is 0 Å². The highest BCUT2D eigenvalue weighted by molar-refractivity contribution is 9.11. The summed E-state index contributed by atoms with van der Waals surface area (Å²) in [6.45, 7) is 2.04. The van der Waals surface area contributed by atoms with E-state index in [1.54, 1.807) is 23.5 Å². The van der Waals surface area contributed by atoms with E-state index in [9.17, 15) is 4.39 Å². The highest BCUT2D eigenvalue weighted by Gasteiger charge is 2.06. The highest BCUT2D eigenvalue weighted by Crippen LogP contribution is 2.35.